The van der Waals surface area contributed by atoms with Gasteiger partial charge in [0.15, 0.2) is 5.78 Å². The van der Waals surface area contributed by atoms with Crippen LogP contribution in [0.25, 0.3) is 0 Å². The molecule has 0 atom stereocenters. The molecule has 18 heavy (non-hydrogen) atoms. The van der Waals surface area contributed by atoms with Gasteiger partial charge < -0.3 is 4.74 Å². The highest BCUT2D eigenvalue weighted by Crippen LogP contribution is 2.35. The molecule has 0 bridgehead atoms. The predicted octanol–water partition coefficient (Wildman–Crippen LogP) is 3.18. The number of nitriles is 1. The van der Waals surface area contributed by atoms with Crippen LogP contribution in [0.15, 0.2) is 12.1 Å². The average Bonchev–Trinajstić information content (AvgIpc) is 2.27. The molecule has 1 rings (SSSR count). The van der Waals surface area contributed by atoms with Crippen LogP contribution >= 0.6 is 0 Å². The zero-order chi connectivity index (χ0) is 13.9. The molecule has 0 aromatic heterocycles. The van der Waals surface area contributed by atoms with Gasteiger partial charge in [0.25, 0.3) is 0 Å². The molecule has 0 amide bonds. The lowest BCUT2D eigenvalue weighted by Gasteiger charge is -2.14. The summed E-state index contributed by atoms with van der Waals surface area (Å²) >= 11 is 0. The summed E-state index contributed by atoms with van der Waals surface area (Å²) in [7, 11) is 0. The molecule has 0 saturated heterocycles. The fraction of sp³-hybridized carbons (Fsp3) is 0.333. The first-order chi connectivity index (χ1) is 8.31. The molecule has 0 heterocycles. The Bertz CT molecular complexity index is 515. The standard InChI is InChI=1S/C12H10F3NO2/c1-3-18-11-5-9(7(2)17)10(12(13,14)15)4-8(11)6-16/h4-5H,3H2,1-2H3. The van der Waals surface area contributed by atoms with Crippen LogP contribution in [0.4, 0.5) is 13.2 Å². The van der Waals surface area contributed by atoms with Crippen molar-refractivity contribution in [2.24, 2.45) is 0 Å². The third-order valence-electron chi connectivity index (χ3n) is 2.22. The molecule has 0 saturated carbocycles. The van der Waals surface area contributed by atoms with E-state index in [1.165, 1.54) is 0 Å². The maximum absolute atomic E-state index is 12.7. The summed E-state index contributed by atoms with van der Waals surface area (Å²) in [6.07, 6.45) is -4.68. The lowest BCUT2D eigenvalue weighted by molar-refractivity contribution is -0.137. The predicted molar refractivity (Wildman–Crippen MR) is 57.3 cm³/mol. The van der Waals surface area contributed by atoms with E-state index in [2.05, 4.69) is 0 Å². The Hall–Kier alpha value is -2.03. The lowest BCUT2D eigenvalue weighted by Crippen LogP contribution is -2.13. The second-order valence-corrected chi connectivity index (χ2v) is 3.49. The fourth-order valence-corrected chi connectivity index (χ4v) is 1.47. The number of Topliss-reactive ketones (excluding diaryl/α,β-unsaturated/α-hetero) is 1. The first-order valence-corrected chi connectivity index (χ1v) is 5.10. The molecule has 0 aliphatic carbocycles. The van der Waals surface area contributed by atoms with Crippen LogP contribution in [0.5, 0.6) is 5.75 Å². The van der Waals surface area contributed by atoms with E-state index in [4.69, 9.17) is 10.00 Å². The minimum absolute atomic E-state index is 0.0156. The highest BCUT2D eigenvalue weighted by molar-refractivity contribution is 5.96. The molecule has 0 radical (unpaired) electrons. The molecule has 0 N–H and O–H groups in total. The summed E-state index contributed by atoms with van der Waals surface area (Å²) in [5.41, 5.74) is -1.85. The molecule has 6 heteroatoms. The molecule has 0 unspecified atom stereocenters. The van der Waals surface area contributed by atoms with E-state index >= 15 is 0 Å². The normalized spacial score (nSPS) is 10.9. The second kappa shape index (κ2) is 5.08. The molecule has 0 fully saturated rings. The SMILES string of the molecule is CCOc1cc(C(C)=O)c(C(F)(F)F)cc1C#N. The topological polar surface area (TPSA) is 50.1 Å². The Morgan fingerprint density at radius 1 is 1.44 bits per heavy atom. The summed E-state index contributed by atoms with van der Waals surface area (Å²) in [4.78, 5) is 11.2. The zero-order valence-electron chi connectivity index (χ0n) is 9.76. The number of carbonyl (C=O) groups is 1. The monoisotopic (exact) mass is 257 g/mol. The number of halogens is 3. The van der Waals surface area contributed by atoms with Crippen LogP contribution in [0, 0.1) is 11.3 Å². The number of hydrogen-bond acceptors (Lipinski definition) is 3. The Labute approximate surface area is 102 Å². The third kappa shape index (κ3) is 2.80. The van der Waals surface area contributed by atoms with Gasteiger partial charge in [-0.25, -0.2) is 0 Å². The first kappa shape index (κ1) is 14.0. The summed E-state index contributed by atoms with van der Waals surface area (Å²) in [5.74, 6) is -0.744. The van der Waals surface area contributed by atoms with Gasteiger partial charge >= 0.3 is 6.18 Å². The molecular weight excluding hydrogens is 247 g/mol. The van der Waals surface area contributed by atoms with Crippen LogP contribution in [0.1, 0.15) is 35.3 Å². The number of benzene rings is 1. The van der Waals surface area contributed by atoms with Gasteiger partial charge in [-0.3, -0.25) is 4.79 Å². The van der Waals surface area contributed by atoms with Gasteiger partial charge in [-0.2, -0.15) is 18.4 Å². The second-order valence-electron chi connectivity index (χ2n) is 3.49. The molecule has 96 valence electrons. The van der Waals surface area contributed by atoms with Crippen LogP contribution < -0.4 is 4.74 Å². The quantitative estimate of drug-likeness (QED) is 0.781. The number of hydrogen-bond donors (Lipinski definition) is 0. The molecular formula is C12H10F3NO2. The maximum atomic E-state index is 12.7. The van der Waals surface area contributed by atoms with Gasteiger partial charge in [-0.1, -0.05) is 0 Å². The summed E-state index contributed by atoms with van der Waals surface area (Å²) in [5, 5.41) is 8.78. The van der Waals surface area contributed by atoms with Crippen molar-refractivity contribution in [3.05, 3.63) is 28.8 Å². The van der Waals surface area contributed by atoms with Gasteiger partial charge in [0.2, 0.25) is 0 Å². The number of ether oxygens (including phenoxy) is 1. The highest BCUT2D eigenvalue weighted by Gasteiger charge is 2.35. The molecule has 3 nitrogen and oxygen atoms in total. The average molecular weight is 257 g/mol. The summed E-state index contributed by atoms with van der Waals surface area (Å²) in [6, 6.07) is 3.23. The Balaban J connectivity index is 3.53. The number of alkyl halides is 3. The van der Waals surface area contributed by atoms with E-state index in [-0.39, 0.29) is 17.9 Å². The van der Waals surface area contributed by atoms with Gasteiger partial charge in [-0.05, 0) is 26.0 Å². The van der Waals surface area contributed by atoms with Crippen LogP contribution in [0.3, 0.4) is 0 Å². The van der Waals surface area contributed by atoms with Gasteiger partial charge in [0.1, 0.15) is 11.8 Å². The smallest absolute Gasteiger partial charge is 0.417 e. The van der Waals surface area contributed by atoms with Crippen molar-refractivity contribution in [2.75, 3.05) is 6.61 Å². The van der Waals surface area contributed by atoms with E-state index in [1.807, 2.05) is 0 Å². The molecule has 0 spiro atoms. The maximum Gasteiger partial charge on any atom is 0.417 e. The Morgan fingerprint density at radius 2 is 2.06 bits per heavy atom. The van der Waals surface area contributed by atoms with E-state index < -0.39 is 23.1 Å². The van der Waals surface area contributed by atoms with Crippen molar-refractivity contribution in [1.82, 2.24) is 0 Å². The molecule has 1 aromatic rings. The number of ketones is 1. The summed E-state index contributed by atoms with van der Waals surface area (Å²) < 4.78 is 43.3. The van der Waals surface area contributed by atoms with E-state index in [0.29, 0.717) is 6.07 Å². The highest BCUT2D eigenvalue weighted by atomic mass is 19.4. The van der Waals surface area contributed by atoms with E-state index in [9.17, 15) is 18.0 Å². The Morgan fingerprint density at radius 3 is 2.44 bits per heavy atom. The van der Waals surface area contributed by atoms with E-state index in [0.717, 1.165) is 13.0 Å². The zero-order valence-corrected chi connectivity index (χ0v) is 9.76. The molecule has 1 aromatic carbocycles. The largest absolute Gasteiger partial charge is 0.492 e. The van der Waals surface area contributed by atoms with E-state index in [1.54, 1.807) is 13.0 Å². The van der Waals surface area contributed by atoms with Crippen molar-refractivity contribution in [3.8, 4) is 11.8 Å². The van der Waals surface area contributed by atoms with Crippen molar-refractivity contribution in [1.29, 1.82) is 5.26 Å². The molecule has 0 aliphatic rings. The minimum Gasteiger partial charge on any atom is -0.492 e. The summed E-state index contributed by atoms with van der Waals surface area (Å²) in [6.45, 7) is 2.86. The van der Waals surface area contributed by atoms with Crippen molar-refractivity contribution in [3.63, 3.8) is 0 Å². The fourth-order valence-electron chi connectivity index (χ4n) is 1.47. The number of rotatable bonds is 3. The van der Waals surface area contributed by atoms with Crippen molar-refractivity contribution < 1.29 is 22.7 Å². The van der Waals surface area contributed by atoms with Gasteiger partial charge in [-0.15, -0.1) is 0 Å². The minimum atomic E-state index is -4.68. The van der Waals surface area contributed by atoms with Crippen molar-refractivity contribution in [2.45, 2.75) is 20.0 Å². The van der Waals surface area contributed by atoms with Gasteiger partial charge in [0, 0.05) is 5.56 Å². The Kier molecular flexibility index (Phi) is 3.96. The van der Waals surface area contributed by atoms with Gasteiger partial charge in [0.05, 0.1) is 17.7 Å². The van der Waals surface area contributed by atoms with Crippen LogP contribution in [-0.4, -0.2) is 12.4 Å². The first-order valence-electron chi connectivity index (χ1n) is 5.10. The van der Waals surface area contributed by atoms with Crippen LogP contribution in [0.2, 0.25) is 0 Å². The third-order valence-corrected chi connectivity index (χ3v) is 2.22. The number of carbonyl (C=O) groups excluding carboxylic acids is 1. The van der Waals surface area contributed by atoms with Crippen LogP contribution in [-0.2, 0) is 6.18 Å². The number of nitrogens with zero attached hydrogens (tertiary/aromatic N) is 1. The molecule has 0 aliphatic heterocycles. The lowest BCUT2D eigenvalue weighted by atomic mass is 10.00. The van der Waals surface area contributed by atoms with Crippen molar-refractivity contribution >= 4 is 5.78 Å².